The lowest BCUT2D eigenvalue weighted by atomic mass is 9.99. The van der Waals surface area contributed by atoms with Gasteiger partial charge in [-0.25, -0.2) is 0 Å². The number of aliphatic hydroxyl groups is 1. The van der Waals surface area contributed by atoms with Crippen LogP contribution in [0, 0.1) is 0 Å². The van der Waals surface area contributed by atoms with Crippen molar-refractivity contribution < 1.29 is 5.11 Å². The van der Waals surface area contributed by atoms with E-state index >= 15 is 0 Å². The maximum atomic E-state index is 9.25. The van der Waals surface area contributed by atoms with Gasteiger partial charge in [-0.15, -0.1) is 12.4 Å². The summed E-state index contributed by atoms with van der Waals surface area (Å²) in [5.74, 6) is 0. The molecule has 0 aliphatic carbocycles. The van der Waals surface area contributed by atoms with E-state index in [1.165, 1.54) is 0 Å². The number of fused-ring (bicyclic) bond motifs is 1. The molecule has 0 bridgehead atoms. The van der Waals surface area contributed by atoms with E-state index in [0.717, 1.165) is 27.7 Å². The summed E-state index contributed by atoms with van der Waals surface area (Å²) < 4.78 is 0. The van der Waals surface area contributed by atoms with Gasteiger partial charge in [0.15, 0.2) is 0 Å². The Morgan fingerprint density at radius 2 is 1.77 bits per heavy atom. The molecular weight excluding hydrogens is 319 g/mol. The van der Waals surface area contributed by atoms with E-state index in [0.29, 0.717) is 11.4 Å². The number of H-pyrrole nitrogens is 1. The molecule has 1 heterocycles. The lowest BCUT2D eigenvalue weighted by Crippen LogP contribution is -2.26. The maximum Gasteiger partial charge on any atom is 0.0585 e. The average Bonchev–Trinajstić information content (AvgIpc) is 2.87. The lowest BCUT2D eigenvalue weighted by Gasteiger charge is -2.10. The van der Waals surface area contributed by atoms with Crippen molar-refractivity contribution >= 4 is 34.9 Å². The monoisotopic (exact) mass is 336 g/mol. The third-order valence-corrected chi connectivity index (χ3v) is 3.90. The number of aromatic nitrogens is 1. The Labute approximate surface area is 140 Å². The number of para-hydroxylation sites is 1. The van der Waals surface area contributed by atoms with Gasteiger partial charge >= 0.3 is 0 Å². The first-order valence-corrected chi connectivity index (χ1v) is 7.29. The summed E-state index contributed by atoms with van der Waals surface area (Å²) >= 11 is 5.96. The Bertz CT molecular complexity index is 753. The molecule has 0 saturated carbocycles. The minimum atomic E-state index is -0.268. The Hall–Kier alpha value is -1.52. The van der Waals surface area contributed by atoms with Crippen LogP contribution in [0.2, 0.25) is 5.02 Å². The SMILES string of the molecule is Cl.NC(CO)Cc1c(-c2ccc(Cl)cc2)[nH]c2ccccc12. The Balaban J connectivity index is 0.00000176. The molecule has 0 spiro atoms. The highest BCUT2D eigenvalue weighted by atomic mass is 35.5. The van der Waals surface area contributed by atoms with Crippen LogP contribution < -0.4 is 5.73 Å². The summed E-state index contributed by atoms with van der Waals surface area (Å²) in [4.78, 5) is 3.45. The van der Waals surface area contributed by atoms with Crippen LogP contribution in [0.5, 0.6) is 0 Å². The van der Waals surface area contributed by atoms with Gasteiger partial charge in [0.2, 0.25) is 0 Å². The molecule has 0 saturated heterocycles. The maximum absolute atomic E-state index is 9.25. The minimum absolute atomic E-state index is 0. The molecule has 3 nitrogen and oxygen atoms in total. The highest BCUT2D eigenvalue weighted by molar-refractivity contribution is 6.30. The fourth-order valence-corrected chi connectivity index (χ4v) is 2.73. The molecule has 3 aromatic rings. The van der Waals surface area contributed by atoms with Crippen molar-refractivity contribution in [1.29, 1.82) is 0 Å². The number of benzene rings is 2. The van der Waals surface area contributed by atoms with Crippen molar-refractivity contribution in [2.75, 3.05) is 6.61 Å². The summed E-state index contributed by atoms with van der Waals surface area (Å²) in [5.41, 5.74) is 10.3. The number of nitrogens with one attached hydrogen (secondary N) is 1. The highest BCUT2D eigenvalue weighted by Gasteiger charge is 2.15. The van der Waals surface area contributed by atoms with Crippen LogP contribution in [-0.4, -0.2) is 22.7 Å². The third-order valence-electron chi connectivity index (χ3n) is 3.65. The van der Waals surface area contributed by atoms with E-state index < -0.39 is 0 Å². The molecule has 1 atom stereocenters. The van der Waals surface area contributed by atoms with Crippen molar-refractivity contribution in [3.63, 3.8) is 0 Å². The van der Waals surface area contributed by atoms with Crippen LogP contribution in [-0.2, 0) is 6.42 Å². The van der Waals surface area contributed by atoms with Crippen molar-refractivity contribution in [2.45, 2.75) is 12.5 Å². The smallest absolute Gasteiger partial charge is 0.0585 e. The zero-order valence-electron chi connectivity index (χ0n) is 11.9. The predicted molar refractivity (Wildman–Crippen MR) is 94.8 cm³/mol. The molecule has 0 aliphatic rings. The summed E-state index contributed by atoms with van der Waals surface area (Å²) in [6, 6.07) is 15.6. The number of aromatic amines is 1. The van der Waals surface area contributed by atoms with E-state index in [1.807, 2.05) is 42.5 Å². The van der Waals surface area contributed by atoms with Crippen LogP contribution in [0.25, 0.3) is 22.2 Å². The van der Waals surface area contributed by atoms with E-state index in [2.05, 4.69) is 11.1 Å². The second-order valence-electron chi connectivity index (χ2n) is 5.18. The molecule has 5 heteroatoms. The van der Waals surface area contributed by atoms with Gasteiger partial charge in [0.1, 0.15) is 0 Å². The van der Waals surface area contributed by atoms with Crippen LogP contribution in [0.4, 0.5) is 0 Å². The van der Waals surface area contributed by atoms with Gasteiger partial charge in [0.05, 0.1) is 6.61 Å². The first-order valence-electron chi connectivity index (χ1n) is 6.91. The number of halogens is 2. The van der Waals surface area contributed by atoms with Gasteiger partial charge in [-0.1, -0.05) is 41.9 Å². The summed E-state index contributed by atoms with van der Waals surface area (Å²) in [6.07, 6.45) is 0.623. The molecule has 0 aliphatic heterocycles. The molecular formula is C17H18Cl2N2O. The number of aliphatic hydroxyl groups excluding tert-OH is 1. The standard InChI is InChI=1S/C17H17ClN2O.ClH/c18-12-7-5-11(6-8-12)17-15(9-13(19)10-21)14-3-1-2-4-16(14)20-17;/h1-8,13,20-21H,9-10,19H2;1H. The van der Waals surface area contributed by atoms with E-state index in [1.54, 1.807) is 0 Å². The van der Waals surface area contributed by atoms with Crippen LogP contribution in [0.3, 0.4) is 0 Å². The molecule has 0 fully saturated rings. The van der Waals surface area contributed by atoms with Crippen molar-refractivity contribution in [3.8, 4) is 11.3 Å². The van der Waals surface area contributed by atoms with Crippen LogP contribution >= 0.6 is 24.0 Å². The van der Waals surface area contributed by atoms with Gasteiger partial charge < -0.3 is 15.8 Å². The quantitative estimate of drug-likeness (QED) is 0.679. The number of hydrogen-bond acceptors (Lipinski definition) is 2. The fraction of sp³-hybridized carbons (Fsp3) is 0.176. The van der Waals surface area contributed by atoms with Gasteiger partial charge in [-0.2, -0.15) is 0 Å². The van der Waals surface area contributed by atoms with Crippen molar-refractivity contribution in [1.82, 2.24) is 4.98 Å². The summed E-state index contributed by atoms with van der Waals surface area (Å²) in [7, 11) is 0. The largest absolute Gasteiger partial charge is 0.395 e. The molecule has 22 heavy (non-hydrogen) atoms. The molecule has 1 unspecified atom stereocenters. The lowest BCUT2D eigenvalue weighted by molar-refractivity contribution is 0.265. The topological polar surface area (TPSA) is 62.0 Å². The molecule has 1 aromatic heterocycles. The first kappa shape index (κ1) is 16.8. The van der Waals surface area contributed by atoms with Gasteiger partial charge in [-0.3, -0.25) is 0 Å². The normalized spacial score (nSPS) is 12.1. The summed E-state index contributed by atoms with van der Waals surface area (Å²) in [5, 5.41) is 11.1. The number of rotatable bonds is 4. The van der Waals surface area contributed by atoms with Crippen molar-refractivity contribution in [2.24, 2.45) is 5.73 Å². The summed E-state index contributed by atoms with van der Waals surface area (Å²) in [6.45, 7) is -0.0282. The van der Waals surface area contributed by atoms with E-state index in [-0.39, 0.29) is 25.1 Å². The Morgan fingerprint density at radius 1 is 1.09 bits per heavy atom. The Kier molecular flexibility index (Phi) is 5.48. The van der Waals surface area contributed by atoms with Crippen LogP contribution in [0.15, 0.2) is 48.5 Å². The number of nitrogens with two attached hydrogens (primary N) is 1. The molecule has 3 rings (SSSR count). The van der Waals surface area contributed by atoms with Crippen LogP contribution in [0.1, 0.15) is 5.56 Å². The second kappa shape index (κ2) is 7.16. The first-order chi connectivity index (χ1) is 10.2. The molecule has 0 radical (unpaired) electrons. The molecule has 0 amide bonds. The van der Waals surface area contributed by atoms with Crippen molar-refractivity contribution in [3.05, 3.63) is 59.1 Å². The molecule has 2 aromatic carbocycles. The van der Waals surface area contributed by atoms with Gasteiger partial charge in [-0.05, 0) is 35.7 Å². The van der Waals surface area contributed by atoms with Gasteiger partial charge in [0.25, 0.3) is 0 Å². The number of hydrogen-bond donors (Lipinski definition) is 3. The van der Waals surface area contributed by atoms with Gasteiger partial charge in [0, 0.05) is 27.7 Å². The zero-order chi connectivity index (χ0) is 14.8. The van der Waals surface area contributed by atoms with E-state index in [4.69, 9.17) is 17.3 Å². The highest BCUT2D eigenvalue weighted by Crippen LogP contribution is 2.31. The average molecular weight is 337 g/mol. The third kappa shape index (κ3) is 3.28. The predicted octanol–water partition coefficient (Wildman–Crippen LogP) is 3.77. The fourth-order valence-electron chi connectivity index (χ4n) is 2.60. The van der Waals surface area contributed by atoms with E-state index in [9.17, 15) is 5.11 Å². The molecule has 116 valence electrons. The minimum Gasteiger partial charge on any atom is -0.395 e. The molecule has 4 N–H and O–H groups in total. The second-order valence-corrected chi connectivity index (χ2v) is 5.61. The zero-order valence-corrected chi connectivity index (χ0v) is 13.5. The Morgan fingerprint density at radius 3 is 2.45 bits per heavy atom.